The molecule has 3 fully saturated rings. The van der Waals surface area contributed by atoms with Crippen molar-refractivity contribution in [2.45, 2.75) is 43.5 Å². The van der Waals surface area contributed by atoms with E-state index in [1.807, 2.05) is 0 Å². The number of aromatic nitrogens is 4. The smallest absolute Gasteiger partial charge is 0.424 e. The van der Waals surface area contributed by atoms with Crippen molar-refractivity contribution >= 4 is 42.7 Å². The zero-order chi connectivity index (χ0) is 25.9. The lowest BCUT2D eigenvalue weighted by Crippen LogP contribution is -2.42. The van der Waals surface area contributed by atoms with E-state index >= 15 is 0 Å². The van der Waals surface area contributed by atoms with Crippen molar-refractivity contribution in [3.63, 3.8) is 0 Å². The first-order valence-corrected chi connectivity index (χ1v) is 13.1. The summed E-state index contributed by atoms with van der Waals surface area (Å²) in [5.74, 6) is -0.102. The van der Waals surface area contributed by atoms with Crippen LogP contribution in [0.3, 0.4) is 0 Å². The monoisotopic (exact) mass is 553 g/mol. The molecule has 37 heavy (non-hydrogen) atoms. The summed E-state index contributed by atoms with van der Waals surface area (Å²) in [7, 11) is -4.01. The molecule has 196 valence electrons. The molecule has 2 aromatic heterocycles. The van der Waals surface area contributed by atoms with Crippen LogP contribution in [0, 0.1) is 0 Å². The Bertz CT molecular complexity index is 1500. The lowest BCUT2D eigenvalue weighted by Gasteiger charge is -2.30. The van der Waals surface area contributed by atoms with Crippen LogP contribution in [-0.4, -0.2) is 56.7 Å². The first-order valence-electron chi connectivity index (χ1n) is 11.3. The molecule has 0 saturated carbocycles. The zero-order valence-electron chi connectivity index (χ0n) is 19.2. The molecule has 0 unspecified atom stereocenters. The standard InChI is InChI=1S/C21H21ClN5O9P/c1-21-15(34-20(29)35-21)13(33-18(21)27-9-24-16-14(27)17(28)26-19(23)25-16)8-32-37(30)31-6-5-12(36-37)10-3-2-4-11(22)7-10/h2-4,7,9,12-13,15,18H,5-6,8H2,1H3,(H3,23,25,26,28)/t12-,13+,15+,18+,21+,37+/m0/s1. The maximum atomic E-state index is 13.3. The second-order valence-electron chi connectivity index (χ2n) is 8.89. The molecule has 3 N–H and O–H groups in total. The summed E-state index contributed by atoms with van der Waals surface area (Å²) < 4.78 is 48.2. The van der Waals surface area contributed by atoms with Gasteiger partial charge >= 0.3 is 14.0 Å². The average molecular weight is 554 g/mol. The van der Waals surface area contributed by atoms with Crippen molar-refractivity contribution in [3.05, 3.63) is 51.5 Å². The first-order chi connectivity index (χ1) is 17.6. The number of anilines is 1. The number of ether oxygens (including phenoxy) is 3. The number of benzene rings is 1. The van der Waals surface area contributed by atoms with Crippen LogP contribution in [0.1, 0.15) is 31.2 Å². The third-order valence-corrected chi connectivity index (χ3v) is 8.15. The van der Waals surface area contributed by atoms with Crippen molar-refractivity contribution in [2.75, 3.05) is 18.9 Å². The lowest BCUT2D eigenvalue weighted by molar-refractivity contribution is -0.0924. The second kappa shape index (κ2) is 8.79. The molecule has 0 radical (unpaired) electrons. The van der Waals surface area contributed by atoms with E-state index in [1.165, 1.54) is 10.9 Å². The van der Waals surface area contributed by atoms with Gasteiger partial charge in [0.25, 0.3) is 5.56 Å². The highest BCUT2D eigenvalue weighted by Gasteiger charge is 2.64. The van der Waals surface area contributed by atoms with Crippen molar-refractivity contribution in [3.8, 4) is 0 Å². The summed E-state index contributed by atoms with van der Waals surface area (Å²) in [6.07, 6.45) is -2.70. The van der Waals surface area contributed by atoms with E-state index in [0.29, 0.717) is 11.4 Å². The molecule has 3 aliphatic rings. The number of phosphoric acid groups is 1. The zero-order valence-corrected chi connectivity index (χ0v) is 20.9. The fraction of sp³-hybridized carbons (Fsp3) is 0.429. The fourth-order valence-corrected chi connectivity index (χ4v) is 6.38. The number of nitrogens with zero attached hydrogens (tertiary/aromatic N) is 3. The van der Waals surface area contributed by atoms with E-state index in [0.717, 1.165) is 5.56 Å². The summed E-state index contributed by atoms with van der Waals surface area (Å²) in [5.41, 5.74) is 4.53. The van der Waals surface area contributed by atoms with Crippen LogP contribution in [-0.2, 0) is 32.3 Å². The molecule has 0 amide bonds. The Morgan fingerprint density at radius 2 is 2.22 bits per heavy atom. The third-order valence-electron chi connectivity index (χ3n) is 6.44. The minimum Gasteiger partial charge on any atom is -0.424 e. The molecule has 5 heterocycles. The third kappa shape index (κ3) is 4.19. The van der Waals surface area contributed by atoms with Crippen molar-refractivity contribution < 1.29 is 37.1 Å². The number of nitrogen functional groups attached to an aromatic ring is 1. The van der Waals surface area contributed by atoms with Gasteiger partial charge in [-0.1, -0.05) is 23.7 Å². The number of aromatic amines is 1. The molecule has 14 nitrogen and oxygen atoms in total. The molecule has 0 aliphatic carbocycles. The summed E-state index contributed by atoms with van der Waals surface area (Å²) in [6.45, 7) is 1.38. The predicted octanol–water partition coefficient (Wildman–Crippen LogP) is 2.85. The van der Waals surface area contributed by atoms with Gasteiger partial charge in [-0.2, -0.15) is 4.98 Å². The molecule has 0 bridgehead atoms. The summed E-state index contributed by atoms with van der Waals surface area (Å²) in [5, 5.41) is 0.514. The van der Waals surface area contributed by atoms with Gasteiger partial charge in [0.2, 0.25) is 5.95 Å². The van der Waals surface area contributed by atoms with Gasteiger partial charge in [0.1, 0.15) is 12.4 Å². The number of halogens is 1. The number of imidazole rings is 1. The van der Waals surface area contributed by atoms with E-state index in [9.17, 15) is 14.2 Å². The highest BCUT2D eigenvalue weighted by molar-refractivity contribution is 7.48. The average Bonchev–Trinajstić information content (AvgIpc) is 3.47. The molecular weight excluding hydrogens is 533 g/mol. The van der Waals surface area contributed by atoms with Crippen LogP contribution in [0.2, 0.25) is 5.02 Å². The van der Waals surface area contributed by atoms with Gasteiger partial charge in [0.05, 0.1) is 19.3 Å². The summed E-state index contributed by atoms with van der Waals surface area (Å²) in [4.78, 5) is 35.2. The maximum absolute atomic E-state index is 13.3. The van der Waals surface area contributed by atoms with E-state index in [4.69, 9.17) is 45.1 Å². The topological polar surface area (TPSA) is 179 Å². The molecule has 1 aromatic carbocycles. The van der Waals surface area contributed by atoms with Gasteiger partial charge in [0.15, 0.2) is 29.1 Å². The van der Waals surface area contributed by atoms with Crippen molar-refractivity contribution in [1.29, 1.82) is 0 Å². The number of nitrogens with one attached hydrogen (secondary N) is 1. The second-order valence-corrected chi connectivity index (χ2v) is 10.9. The quantitative estimate of drug-likeness (QED) is 0.349. The minimum absolute atomic E-state index is 0.0554. The van der Waals surface area contributed by atoms with Crippen LogP contribution in [0.25, 0.3) is 11.2 Å². The molecule has 16 heteroatoms. The van der Waals surface area contributed by atoms with E-state index in [1.54, 1.807) is 31.2 Å². The molecule has 0 spiro atoms. The van der Waals surface area contributed by atoms with E-state index in [2.05, 4.69) is 15.0 Å². The highest BCUT2D eigenvalue weighted by atomic mass is 35.5. The Morgan fingerprint density at radius 1 is 1.38 bits per heavy atom. The molecule has 6 atom stereocenters. The Hall–Kier alpha value is -3.00. The number of phosphoric ester groups is 1. The number of carbonyl (C=O) groups excluding carboxylic acids is 1. The van der Waals surface area contributed by atoms with Crippen LogP contribution in [0.15, 0.2) is 35.4 Å². The maximum Gasteiger partial charge on any atom is 0.509 e. The largest absolute Gasteiger partial charge is 0.509 e. The van der Waals surface area contributed by atoms with E-state index in [-0.39, 0.29) is 30.3 Å². The van der Waals surface area contributed by atoms with E-state index < -0.39 is 49.7 Å². The highest BCUT2D eigenvalue weighted by Crippen LogP contribution is 2.58. The van der Waals surface area contributed by atoms with Crippen LogP contribution < -0.4 is 11.3 Å². The number of carbonyl (C=O) groups is 1. The summed E-state index contributed by atoms with van der Waals surface area (Å²) in [6, 6.07) is 7.00. The molecule has 6 rings (SSSR count). The SMILES string of the molecule is C[C@@]12OC(=O)O[C@@H]1[C@@H](CO[P@@]1(=O)OCC[C@@H](c3cccc(Cl)c3)O1)O[C@H]2n1cnc2nc(N)[nH]c(=O)c21. The summed E-state index contributed by atoms with van der Waals surface area (Å²) >= 11 is 6.07. The molecule has 3 aliphatic heterocycles. The number of rotatable bonds is 5. The lowest BCUT2D eigenvalue weighted by atomic mass is 9.96. The number of H-pyrrole nitrogens is 1. The molecule has 3 saturated heterocycles. The number of nitrogens with two attached hydrogens (primary N) is 1. The Labute approximate surface area is 213 Å². The Morgan fingerprint density at radius 3 is 3.03 bits per heavy atom. The molecule has 3 aromatic rings. The fourth-order valence-electron chi connectivity index (χ4n) is 4.78. The minimum atomic E-state index is -4.01. The van der Waals surface area contributed by atoms with Crippen molar-refractivity contribution in [1.82, 2.24) is 19.5 Å². The van der Waals surface area contributed by atoms with Gasteiger partial charge < -0.3 is 19.9 Å². The normalized spacial score (nSPS) is 33.3. The Kier molecular flexibility index (Phi) is 5.78. The van der Waals surface area contributed by atoms with Gasteiger partial charge in [-0.15, -0.1) is 0 Å². The van der Waals surface area contributed by atoms with Crippen LogP contribution in [0.5, 0.6) is 0 Å². The Balaban J connectivity index is 1.24. The van der Waals surface area contributed by atoms with Crippen molar-refractivity contribution in [2.24, 2.45) is 0 Å². The molecular formula is C21H21ClN5O9P. The first kappa shape index (κ1) is 24.3. The number of hydrogen-bond acceptors (Lipinski definition) is 12. The van der Waals surface area contributed by atoms with Gasteiger partial charge in [-0.3, -0.25) is 27.9 Å². The van der Waals surface area contributed by atoms with Gasteiger partial charge in [-0.25, -0.2) is 14.3 Å². The van der Waals surface area contributed by atoms with Crippen LogP contribution in [0.4, 0.5) is 10.7 Å². The number of hydrogen-bond donors (Lipinski definition) is 2. The van der Waals surface area contributed by atoms with Gasteiger partial charge in [0, 0.05) is 11.4 Å². The number of fused-ring (bicyclic) bond motifs is 2. The van der Waals surface area contributed by atoms with Gasteiger partial charge in [-0.05, 0) is 24.6 Å². The van der Waals surface area contributed by atoms with Crippen LogP contribution >= 0.6 is 19.4 Å². The predicted molar refractivity (Wildman–Crippen MR) is 126 cm³/mol.